The second-order valence-corrected chi connectivity index (χ2v) is 4.99. The van der Waals surface area contributed by atoms with Crippen LogP contribution in [0.1, 0.15) is 37.3 Å². The van der Waals surface area contributed by atoms with Crippen molar-refractivity contribution in [1.29, 1.82) is 0 Å². The summed E-state index contributed by atoms with van der Waals surface area (Å²) in [6, 6.07) is 12.6. The van der Waals surface area contributed by atoms with Crippen LogP contribution in [0.25, 0.3) is 10.9 Å². The fraction of sp³-hybridized carbons (Fsp3) is 0.438. The summed E-state index contributed by atoms with van der Waals surface area (Å²) in [6.07, 6.45) is 4.29. The van der Waals surface area contributed by atoms with Crippen molar-refractivity contribution in [1.82, 2.24) is 4.98 Å². The molecule has 1 aromatic carbocycles. The maximum atomic E-state index is 5.63. The third-order valence-corrected chi connectivity index (χ3v) is 3.55. The molecule has 4 N–H and O–H groups in total. The Morgan fingerprint density at radius 2 is 1.58 bits per heavy atom. The zero-order valence-corrected chi connectivity index (χ0v) is 11.4. The van der Waals surface area contributed by atoms with Crippen LogP contribution in [0.15, 0.2) is 36.4 Å². The molecule has 0 radical (unpaired) electrons. The summed E-state index contributed by atoms with van der Waals surface area (Å²) in [5, 5.41) is 1.20. The zero-order chi connectivity index (χ0) is 13.5. The number of fused-ring (bicyclic) bond motifs is 1. The van der Waals surface area contributed by atoms with Gasteiger partial charge in [-0.25, -0.2) is 0 Å². The van der Waals surface area contributed by atoms with Gasteiger partial charge in [0, 0.05) is 17.0 Å². The van der Waals surface area contributed by atoms with Gasteiger partial charge in [0.1, 0.15) is 0 Å². The van der Waals surface area contributed by atoms with Gasteiger partial charge in [-0.3, -0.25) is 4.98 Å². The molecule has 0 amide bonds. The van der Waals surface area contributed by atoms with E-state index in [1.54, 1.807) is 0 Å². The van der Waals surface area contributed by atoms with Crippen molar-refractivity contribution in [2.24, 2.45) is 11.5 Å². The van der Waals surface area contributed by atoms with Crippen molar-refractivity contribution in [3.63, 3.8) is 0 Å². The van der Waals surface area contributed by atoms with Crippen LogP contribution in [0.5, 0.6) is 0 Å². The quantitative estimate of drug-likeness (QED) is 0.801. The van der Waals surface area contributed by atoms with E-state index in [1.807, 2.05) is 12.1 Å². The molecule has 102 valence electrons. The molecule has 0 spiro atoms. The number of pyridine rings is 1. The Labute approximate surface area is 115 Å². The molecule has 0 unspecified atom stereocenters. The second kappa shape index (κ2) is 7.22. The van der Waals surface area contributed by atoms with Crippen LogP contribution < -0.4 is 11.5 Å². The number of nitrogens with zero attached hydrogens (tertiary/aromatic N) is 1. The van der Waals surface area contributed by atoms with E-state index in [1.165, 1.54) is 11.1 Å². The summed E-state index contributed by atoms with van der Waals surface area (Å²) in [7, 11) is 0. The lowest BCUT2D eigenvalue weighted by Gasteiger charge is -2.16. The number of benzene rings is 1. The van der Waals surface area contributed by atoms with Crippen LogP contribution in [0.3, 0.4) is 0 Å². The molecule has 0 aliphatic rings. The minimum atomic E-state index is 0.483. The molecule has 3 heteroatoms. The third-order valence-electron chi connectivity index (χ3n) is 3.55. The molecule has 2 rings (SSSR count). The molecule has 0 saturated heterocycles. The number of hydrogen-bond acceptors (Lipinski definition) is 3. The highest BCUT2D eigenvalue weighted by Gasteiger charge is 2.12. The molecule has 1 aromatic heterocycles. The summed E-state index contributed by atoms with van der Waals surface area (Å²) in [5.41, 5.74) is 13.5. The highest BCUT2D eigenvalue weighted by Crippen LogP contribution is 2.26. The topological polar surface area (TPSA) is 64.9 Å². The normalized spacial score (nSPS) is 11.3. The molecule has 1 heterocycles. The first kappa shape index (κ1) is 14.0. The number of para-hydroxylation sites is 1. The SMILES string of the molecule is NCCCC(CCCN)c1ccc2ccccc2n1. The lowest BCUT2D eigenvalue weighted by molar-refractivity contribution is 0.530. The Balaban J connectivity index is 2.21. The minimum Gasteiger partial charge on any atom is -0.330 e. The molecular weight excluding hydrogens is 234 g/mol. The van der Waals surface area contributed by atoms with Crippen molar-refractivity contribution < 1.29 is 0 Å². The number of hydrogen-bond donors (Lipinski definition) is 2. The molecule has 0 bridgehead atoms. The Morgan fingerprint density at radius 3 is 2.26 bits per heavy atom. The van der Waals surface area contributed by atoms with E-state index in [-0.39, 0.29) is 0 Å². The predicted octanol–water partition coefficient (Wildman–Crippen LogP) is 2.80. The number of rotatable bonds is 7. The van der Waals surface area contributed by atoms with Crippen LogP contribution in [0.4, 0.5) is 0 Å². The highest BCUT2D eigenvalue weighted by atomic mass is 14.7. The zero-order valence-electron chi connectivity index (χ0n) is 11.4. The monoisotopic (exact) mass is 257 g/mol. The van der Waals surface area contributed by atoms with Crippen LogP contribution in [0.2, 0.25) is 0 Å². The molecule has 0 saturated carbocycles. The Morgan fingerprint density at radius 1 is 0.895 bits per heavy atom. The third kappa shape index (κ3) is 3.75. The molecule has 0 atom stereocenters. The van der Waals surface area contributed by atoms with Crippen molar-refractivity contribution in [2.45, 2.75) is 31.6 Å². The molecule has 0 aliphatic carbocycles. The highest BCUT2D eigenvalue weighted by molar-refractivity contribution is 5.78. The standard InChI is InChI=1S/C16H23N3/c17-11-3-6-13(7-4-12-18)16-10-9-14-5-1-2-8-15(14)19-16/h1-2,5,8-10,13H,3-4,6-7,11-12,17-18H2. The fourth-order valence-corrected chi connectivity index (χ4v) is 2.48. The van der Waals surface area contributed by atoms with Gasteiger partial charge in [0.15, 0.2) is 0 Å². The maximum Gasteiger partial charge on any atom is 0.0705 e. The largest absolute Gasteiger partial charge is 0.330 e. The van der Waals surface area contributed by atoms with Gasteiger partial charge in [0.25, 0.3) is 0 Å². The minimum absolute atomic E-state index is 0.483. The van der Waals surface area contributed by atoms with Gasteiger partial charge in [-0.1, -0.05) is 24.3 Å². The van der Waals surface area contributed by atoms with Gasteiger partial charge in [-0.2, -0.15) is 0 Å². The Bertz CT molecular complexity index is 502. The predicted molar refractivity (Wildman–Crippen MR) is 81.1 cm³/mol. The summed E-state index contributed by atoms with van der Waals surface area (Å²) in [5.74, 6) is 0.483. The molecule has 19 heavy (non-hydrogen) atoms. The average Bonchev–Trinajstić information content (AvgIpc) is 2.47. The van der Waals surface area contributed by atoms with Gasteiger partial charge < -0.3 is 11.5 Å². The van der Waals surface area contributed by atoms with E-state index in [0.29, 0.717) is 5.92 Å². The van der Waals surface area contributed by atoms with Gasteiger partial charge in [-0.05, 0) is 50.9 Å². The van der Waals surface area contributed by atoms with Crippen molar-refractivity contribution >= 4 is 10.9 Å². The molecular formula is C16H23N3. The summed E-state index contributed by atoms with van der Waals surface area (Å²) >= 11 is 0. The fourth-order valence-electron chi connectivity index (χ4n) is 2.48. The molecule has 0 fully saturated rings. The van der Waals surface area contributed by atoms with Gasteiger partial charge >= 0.3 is 0 Å². The van der Waals surface area contributed by atoms with E-state index in [0.717, 1.165) is 44.3 Å². The first-order chi connectivity index (χ1) is 9.35. The van der Waals surface area contributed by atoms with Crippen LogP contribution in [-0.4, -0.2) is 18.1 Å². The Hall–Kier alpha value is -1.45. The molecule has 3 nitrogen and oxygen atoms in total. The summed E-state index contributed by atoms with van der Waals surface area (Å²) in [6.45, 7) is 1.49. The average molecular weight is 257 g/mol. The maximum absolute atomic E-state index is 5.63. The van der Waals surface area contributed by atoms with E-state index < -0.39 is 0 Å². The first-order valence-electron chi connectivity index (χ1n) is 7.11. The van der Waals surface area contributed by atoms with Crippen molar-refractivity contribution in [3.05, 3.63) is 42.1 Å². The van der Waals surface area contributed by atoms with Gasteiger partial charge in [0.2, 0.25) is 0 Å². The number of aromatic nitrogens is 1. The second-order valence-electron chi connectivity index (χ2n) is 4.99. The van der Waals surface area contributed by atoms with Crippen molar-refractivity contribution in [3.8, 4) is 0 Å². The number of nitrogens with two attached hydrogens (primary N) is 2. The first-order valence-corrected chi connectivity index (χ1v) is 7.11. The van der Waals surface area contributed by atoms with E-state index in [9.17, 15) is 0 Å². The van der Waals surface area contributed by atoms with E-state index >= 15 is 0 Å². The van der Waals surface area contributed by atoms with Gasteiger partial charge in [-0.15, -0.1) is 0 Å². The van der Waals surface area contributed by atoms with E-state index in [4.69, 9.17) is 16.5 Å². The lowest BCUT2D eigenvalue weighted by atomic mass is 9.93. The van der Waals surface area contributed by atoms with Crippen LogP contribution >= 0.6 is 0 Å². The summed E-state index contributed by atoms with van der Waals surface area (Å²) in [4.78, 5) is 4.80. The van der Waals surface area contributed by atoms with Crippen LogP contribution in [-0.2, 0) is 0 Å². The summed E-state index contributed by atoms with van der Waals surface area (Å²) < 4.78 is 0. The van der Waals surface area contributed by atoms with Crippen LogP contribution in [0, 0.1) is 0 Å². The Kier molecular flexibility index (Phi) is 5.31. The van der Waals surface area contributed by atoms with Crippen molar-refractivity contribution in [2.75, 3.05) is 13.1 Å². The lowest BCUT2D eigenvalue weighted by Crippen LogP contribution is -2.08. The molecule has 2 aromatic rings. The smallest absolute Gasteiger partial charge is 0.0705 e. The molecule has 0 aliphatic heterocycles. The van der Waals surface area contributed by atoms with Gasteiger partial charge in [0.05, 0.1) is 5.52 Å². The van der Waals surface area contributed by atoms with E-state index in [2.05, 4.69) is 24.3 Å².